The number of hydrogen-bond donors (Lipinski definition) is 1. The van der Waals surface area contributed by atoms with E-state index in [0.717, 1.165) is 11.3 Å². The fourth-order valence-electron chi connectivity index (χ4n) is 2.55. The maximum atomic E-state index is 12.3. The summed E-state index contributed by atoms with van der Waals surface area (Å²) in [6.07, 6.45) is 2.49. The number of allylic oxidation sites excluding steroid dienone is 1. The summed E-state index contributed by atoms with van der Waals surface area (Å²) in [5.74, 6) is 0.904. The molecule has 1 aromatic heterocycles. The Morgan fingerprint density at radius 3 is 2.61 bits per heavy atom. The predicted octanol–water partition coefficient (Wildman–Crippen LogP) is 4.75. The van der Waals surface area contributed by atoms with Crippen molar-refractivity contribution >= 4 is 17.3 Å². The second-order valence-electron chi connectivity index (χ2n) is 5.91. The monoisotopic (exact) mass is 378 g/mol. The number of hydrogen-bond acceptors (Lipinski definition) is 5. The van der Waals surface area contributed by atoms with Crippen molar-refractivity contribution in [2.24, 2.45) is 0 Å². The van der Waals surface area contributed by atoms with E-state index in [2.05, 4.69) is 11.9 Å². The first-order valence-corrected chi connectivity index (χ1v) is 8.53. The zero-order valence-electron chi connectivity index (χ0n) is 15.0. The number of rotatable bonds is 8. The van der Waals surface area contributed by atoms with Crippen LogP contribution in [0.3, 0.4) is 0 Å². The molecule has 7 heteroatoms. The van der Waals surface area contributed by atoms with Crippen LogP contribution in [0.15, 0.2) is 77.7 Å². The quantitative estimate of drug-likeness (QED) is 0.347. The van der Waals surface area contributed by atoms with Gasteiger partial charge < -0.3 is 14.5 Å². The van der Waals surface area contributed by atoms with Crippen LogP contribution in [0.2, 0.25) is 0 Å². The van der Waals surface area contributed by atoms with E-state index in [1.807, 2.05) is 24.3 Å². The molecule has 0 aliphatic rings. The van der Waals surface area contributed by atoms with Crippen molar-refractivity contribution in [1.82, 2.24) is 0 Å². The molecule has 0 unspecified atom stereocenters. The lowest BCUT2D eigenvalue weighted by Crippen LogP contribution is -2.10. The van der Waals surface area contributed by atoms with Gasteiger partial charge >= 0.3 is 0 Å². The summed E-state index contributed by atoms with van der Waals surface area (Å²) in [5.41, 5.74) is 1.40. The van der Waals surface area contributed by atoms with Crippen LogP contribution in [0, 0.1) is 10.1 Å². The largest absolute Gasteiger partial charge is 0.485 e. The predicted molar refractivity (Wildman–Crippen MR) is 104 cm³/mol. The van der Waals surface area contributed by atoms with Gasteiger partial charge in [0.25, 0.3) is 11.6 Å². The van der Waals surface area contributed by atoms with Crippen LogP contribution in [0.4, 0.5) is 11.4 Å². The van der Waals surface area contributed by atoms with Crippen molar-refractivity contribution in [3.8, 4) is 5.75 Å². The van der Waals surface area contributed by atoms with E-state index < -0.39 is 10.8 Å². The Morgan fingerprint density at radius 1 is 1.14 bits per heavy atom. The number of nitrogens with zero attached hydrogens (tertiary/aromatic N) is 1. The van der Waals surface area contributed by atoms with Crippen molar-refractivity contribution in [2.45, 2.75) is 13.0 Å². The highest BCUT2D eigenvalue weighted by atomic mass is 16.6. The minimum absolute atomic E-state index is 0.0489. The van der Waals surface area contributed by atoms with Crippen LogP contribution in [-0.4, -0.2) is 10.8 Å². The lowest BCUT2D eigenvalue weighted by molar-refractivity contribution is -0.384. The van der Waals surface area contributed by atoms with Gasteiger partial charge in [-0.05, 0) is 42.3 Å². The summed E-state index contributed by atoms with van der Waals surface area (Å²) in [4.78, 5) is 22.4. The lowest BCUT2D eigenvalue weighted by Gasteiger charge is -2.09. The van der Waals surface area contributed by atoms with Gasteiger partial charge in [-0.3, -0.25) is 14.9 Å². The van der Waals surface area contributed by atoms with E-state index in [9.17, 15) is 14.9 Å². The molecule has 28 heavy (non-hydrogen) atoms. The minimum Gasteiger partial charge on any atom is -0.485 e. The zero-order chi connectivity index (χ0) is 19.9. The SMILES string of the molecule is C=CCc1ccccc1OCc1ccc(C(=O)Nc2ccc([N+](=O)[O-])cc2)o1. The van der Waals surface area contributed by atoms with Crippen LogP contribution < -0.4 is 10.1 Å². The maximum absolute atomic E-state index is 12.3. The van der Waals surface area contributed by atoms with Crippen LogP contribution in [-0.2, 0) is 13.0 Å². The highest BCUT2D eigenvalue weighted by Gasteiger charge is 2.13. The van der Waals surface area contributed by atoms with Crippen LogP contribution in [0.25, 0.3) is 0 Å². The third kappa shape index (κ3) is 4.64. The molecular formula is C21H18N2O5. The van der Waals surface area contributed by atoms with Gasteiger partial charge in [-0.1, -0.05) is 24.3 Å². The molecular weight excluding hydrogens is 360 g/mol. The molecule has 3 aromatic rings. The Kier molecular flexibility index (Phi) is 5.86. The summed E-state index contributed by atoms with van der Waals surface area (Å²) < 4.78 is 11.3. The average molecular weight is 378 g/mol. The number of furan rings is 1. The molecule has 7 nitrogen and oxygen atoms in total. The summed E-state index contributed by atoms with van der Waals surface area (Å²) >= 11 is 0. The first-order valence-electron chi connectivity index (χ1n) is 8.53. The number of non-ortho nitro benzene ring substituents is 1. The number of ether oxygens (including phenoxy) is 1. The molecule has 1 heterocycles. The summed E-state index contributed by atoms with van der Waals surface area (Å²) in [6, 6.07) is 16.4. The number of nitrogens with one attached hydrogen (secondary N) is 1. The van der Waals surface area contributed by atoms with Gasteiger partial charge in [0.15, 0.2) is 5.76 Å². The summed E-state index contributed by atoms with van der Waals surface area (Å²) in [6.45, 7) is 3.91. The minimum atomic E-state index is -0.502. The van der Waals surface area contributed by atoms with Gasteiger partial charge in [-0.25, -0.2) is 0 Å². The van der Waals surface area contributed by atoms with Crippen molar-refractivity contribution in [3.05, 3.63) is 101 Å². The number of carbonyl (C=O) groups is 1. The molecule has 1 N–H and O–H groups in total. The van der Waals surface area contributed by atoms with E-state index in [4.69, 9.17) is 9.15 Å². The van der Waals surface area contributed by atoms with Crippen molar-refractivity contribution in [1.29, 1.82) is 0 Å². The second-order valence-corrected chi connectivity index (χ2v) is 5.91. The molecule has 0 fully saturated rings. The standard InChI is InChI=1S/C21H18N2O5/c1-2-5-15-6-3-4-7-19(15)27-14-18-12-13-20(28-18)21(24)22-16-8-10-17(11-9-16)23(25)26/h2-4,6-13H,1,5,14H2,(H,22,24). The van der Waals surface area contributed by atoms with Gasteiger partial charge in [-0.2, -0.15) is 0 Å². The highest BCUT2D eigenvalue weighted by molar-refractivity contribution is 6.02. The molecule has 3 rings (SSSR count). The lowest BCUT2D eigenvalue weighted by atomic mass is 10.1. The second kappa shape index (κ2) is 8.68. The van der Waals surface area contributed by atoms with E-state index in [1.54, 1.807) is 18.2 Å². The first-order chi connectivity index (χ1) is 13.6. The van der Waals surface area contributed by atoms with Crippen LogP contribution >= 0.6 is 0 Å². The number of carbonyl (C=O) groups excluding carboxylic acids is 1. The molecule has 0 saturated carbocycles. The van der Waals surface area contributed by atoms with E-state index >= 15 is 0 Å². The fraction of sp³-hybridized carbons (Fsp3) is 0.0952. The van der Waals surface area contributed by atoms with Crippen molar-refractivity contribution < 1.29 is 18.9 Å². The van der Waals surface area contributed by atoms with E-state index in [-0.39, 0.29) is 18.1 Å². The molecule has 2 aromatic carbocycles. The number of nitro groups is 1. The molecule has 142 valence electrons. The summed E-state index contributed by atoms with van der Waals surface area (Å²) in [7, 11) is 0. The number of benzene rings is 2. The molecule has 1 amide bonds. The number of amides is 1. The van der Waals surface area contributed by atoms with Crippen LogP contribution in [0.5, 0.6) is 5.75 Å². The fourth-order valence-corrected chi connectivity index (χ4v) is 2.55. The molecule has 0 spiro atoms. The topological polar surface area (TPSA) is 94.6 Å². The van der Waals surface area contributed by atoms with Gasteiger partial charge in [0.05, 0.1) is 4.92 Å². The number of anilines is 1. The third-order valence-electron chi connectivity index (χ3n) is 3.93. The average Bonchev–Trinajstić information content (AvgIpc) is 3.17. The first kappa shape index (κ1) is 18.9. The Bertz CT molecular complexity index is 992. The van der Waals surface area contributed by atoms with E-state index in [0.29, 0.717) is 17.9 Å². The molecule has 0 aliphatic heterocycles. The number of para-hydroxylation sites is 1. The molecule has 0 radical (unpaired) electrons. The Morgan fingerprint density at radius 2 is 1.89 bits per heavy atom. The Labute approximate surface area is 161 Å². The van der Waals surface area contributed by atoms with Crippen molar-refractivity contribution in [3.63, 3.8) is 0 Å². The molecule has 0 bridgehead atoms. The normalized spacial score (nSPS) is 10.3. The maximum Gasteiger partial charge on any atom is 0.291 e. The van der Waals surface area contributed by atoms with Crippen molar-refractivity contribution in [2.75, 3.05) is 5.32 Å². The van der Waals surface area contributed by atoms with E-state index in [1.165, 1.54) is 24.3 Å². The van der Waals surface area contributed by atoms with Gasteiger partial charge in [0, 0.05) is 17.8 Å². The van der Waals surface area contributed by atoms with Gasteiger partial charge in [0.1, 0.15) is 18.1 Å². The van der Waals surface area contributed by atoms with Gasteiger partial charge in [0.2, 0.25) is 0 Å². The summed E-state index contributed by atoms with van der Waals surface area (Å²) in [5, 5.41) is 13.3. The Balaban J connectivity index is 1.61. The van der Waals surface area contributed by atoms with Crippen LogP contribution in [0.1, 0.15) is 21.9 Å². The number of nitro benzene ring substituents is 1. The Hall–Kier alpha value is -3.87. The zero-order valence-corrected chi connectivity index (χ0v) is 15.0. The highest BCUT2D eigenvalue weighted by Crippen LogP contribution is 2.21. The smallest absolute Gasteiger partial charge is 0.291 e. The third-order valence-corrected chi connectivity index (χ3v) is 3.93. The molecule has 0 saturated heterocycles. The molecule has 0 atom stereocenters. The molecule has 0 aliphatic carbocycles. The van der Waals surface area contributed by atoms with Gasteiger partial charge in [-0.15, -0.1) is 6.58 Å².